The summed E-state index contributed by atoms with van der Waals surface area (Å²) in [4.78, 5) is 13.0. The standard InChI is InChI=1S/C15H21NO5/c1-20-6-7-21-10-13(17)9-16-5-4-11-2-3-12(15(18)19)8-14(11)16/h2-3,8,13,17H,4-7,9-10H2,1H3,(H,18,19). The predicted molar refractivity (Wildman–Crippen MR) is 78.0 cm³/mol. The number of β-amino-alcohol motifs (C(OH)–C–C–N with tert-alkyl or cyclic N) is 1. The Hall–Kier alpha value is -1.63. The minimum atomic E-state index is -0.937. The van der Waals surface area contributed by atoms with Crippen LogP contribution in [0.15, 0.2) is 18.2 Å². The monoisotopic (exact) mass is 295 g/mol. The molecule has 1 unspecified atom stereocenters. The van der Waals surface area contributed by atoms with Gasteiger partial charge in [0.1, 0.15) is 0 Å². The Kier molecular flexibility index (Phi) is 5.55. The number of anilines is 1. The number of carbonyl (C=O) groups is 1. The van der Waals surface area contributed by atoms with Gasteiger partial charge >= 0.3 is 5.97 Å². The highest BCUT2D eigenvalue weighted by Crippen LogP contribution is 2.29. The lowest BCUT2D eigenvalue weighted by atomic mass is 10.1. The summed E-state index contributed by atoms with van der Waals surface area (Å²) in [5.74, 6) is -0.937. The van der Waals surface area contributed by atoms with E-state index < -0.39 is 12.1 Å². The Morgan fingerprint density at radius 2 is 2.24 bits per heavy atom. The van der Waals surface area contributed by atoms with Crippen molar-refractivity contribution in [3.8, 4) is 0 Å². The molecule has 0 aromatic heterocycles. The largest absolute Gasteiger partial charge is 0.478 e. The van der Waals surface area contributed by atoms with E-state index >= 15 is 0 Å². The lowest BCUT2D eigenvalue weighted by molar-refractivity contribution is 0.0162. The van der Waals surface area contributed by atoms with E-state index in [1.54, 1.807) is 19.2 Å². The van der Waals surface area contributed by atoms with Crippen LogP contribution in [0.5, 0.6) is 0 Å². The van der Waals surface area contributed by atoms with Gasteiger partial charge in [0.25, 0.3) is 0 Å². The van der Waals surface area contributed by atoms with E-state index in [0.29, 0.717) is 19.8 Å². The number of rotatable bonds is 8. The summed E-state index contributed by atoms with van der Waals surface area (Å²) in [5.41, 5.74) is 2.28. The molecule has 116 valence electrons. The van der Waals surface area contributed by atoms with Gasteiger partial charge in [0.15, 0.2) is 0 Å². The number of aromatic carboxylic acids is 1. The van der Waals surface area contributed by atoms with Gasteiger partial charge in [0.05, 0.1) is 31.5 Å². The van der Waals surface area contributed by atoms with Crippen molar-refractivity contribution in [1.29, 1.82) is 0 Å². The van der Waals surface area contributed by atoms with Crippen molar-refractivity contribution in [2.45, 2.75) is 12.5 Å². The number of aliphatic hydroxyl groups excluding tert-OH is 1. The number of aliphatic hydroxyl groups is 1. The zero-order valence-electron chi connectivity index (χ0n) is 12.1. The Balaban J connectivity index is 1.92. The molecule has 1 aliphatic heterocycles. The lowest BCUT2D eigenvalue weighted by Crippen LogP contribution is -2.34. The molecule has 0 fully saturated rings. The molecule has 1 aromatic carbocycles. The van der Waals surface area contributed by atoms with Gasteiger partial charge in [-0.3, -0.25) is 0 Å². The summed E-state index contributed by atoms with van der Waals surface area (Å²) in [5, 5.41) is 19.0. The third kappa shape index (κ3) is 4.17. The molecule has 0 saturated carbocycles. The molecule has 0 bridgehead atoms. The number of nitrogens with zero attached hydrogens (tertiary/aromatic N) is 1. The maximum Gasteiger partial charge on any atom is 0.335 e. The highest BCUT2D eigenvalue weighted by molar-refractivity contribution is 5.89. The van der Waals surface area contributed by atoms with E-state index in [-0.39, 0.29) is 12.2 Å². The van der Waals surface area contributed by atoms with Gasteiger partial charge < -0.3 is 24.6 Å². The SMILES string of the molecule is COCCOCC(O)CN1CCc2ccc(C(=O)O)cc21. The van der Waals surface area contributed by atoms with Crippen molar-refractivity contribution in [1.82, 2.24) is 0 Å². The van der Waals surface area contributed by atoms with Crippen molar-refractivity contribution in [3.63, 3.8) is 0 Å². The smallest absolute Gasteiger partial charge is 0.335 e. The molecule has 2 rings (SSSR count). The van der Waals surface area contributed by atoms with Gasteiger partial charge in [-0.1, -0.05) is 6.07 Å². The quantitative estimate of drug-likeness (QED) is 0.690. The number of carboxylic acids is 1. The minimum Gasteiger partial charge on any atom is -0.478 e. The number of methoxy groups -OCH3 is 1. The molecule has 1 aliphatic rings. The molecule has 0 saturated heterocycles. The van der Waals surface area contributed by atoms with E-state index in [1.165, 1.54) is 0 Å². The maximum atomic E-state index is 11.0. The number of fused-ring (bicyclic) bond motifs is 1. The average Bonchev–Trinajstić information content (AvgIpc) is 2.86. The molecule has 0 aliphatic carbocycles. The Labute approximate surface area is 123 Å². The van der Waals surface area contributed by atoms with Crippen LogP contribution in [-0.2, 0) is 15.9 Å². The second-order valence-electron chi connectivity index (χ2n) is 5.07. The molecule has 1 heterocycles. The normalized spacial score (nSPS) is 15.0. The van der Waals surface area contributed by atoms with Crippen LogP contribution in [0.4, 0.5) is 5.69 Å². The molecule has 0 spiro atoms. The van der Waals surface area contributed by atoms with Crippen molar-refractivity contribution < 1.29 is 24.5 Å². The molecule has 21 heavy (non-hydrogen) atoms. The van der Waals surface area contributed by atoms with E-state index in [2.05, 4.69) is 0 Å². The van der Waals surface area contributed by atoms with Crippen LogP contribution in [0.25, 0.3) is 0 Å². The minimum absolute atomic E-state index is 0.244. The molecule has 6 nitrogen and oxygen atoms in total. The highest BCUT2D eigenvalue weighted by atomic mass is 16.5. The Bertz CT molecular complexity index is 491. The maximum absolute atomic E-state index is 11.0. The lowest BCUT2D eigenvalue weighted by Gasteiger charge is -2.23. The van der Waals surface area contributed by atoms with Crippen LogP contribution in [0.2, 0.25) is 0 Å². The van der Waals surface area contributed by atoms with Gasteiger partial charge in [0, 0.05) is 25.9 Å². The number of carboxylic acid groups (broad SMARTS) is 1. The second kappa shape index (κ2) is 7.40. The van der Waals surface area contributed by atoms with Crippen molar-refractivity contribution in [2.75, 3.05) is 44.9 Å². The zero-order chi connectivity index (χ0) is 15.2. The van der Waals surface area contributed by atoms with Gasteiger partial charge in [-0.2, -0.15) is 0 Å². The second-order valence-corrected chi connectivity index (χ2v) is 5.07. The summed E-state index contributed by atoms with van der Waals surface area (Å²) in [6.07, 6.45) is 0.258. The van der Waals surface area contributed by atoms with Gasteiger partial charge in [-0.25, -0.2) is 4.79 Å². The summed E-state index contributed by atoms with van der Waals surface area (Å²) in [6, 6.07) is 5.14. The van der Waals surface area contributed by atoms with Crippen LogP contribution in [0.3, 0.4) is 0 Å². The molecule has 0 radical (unpaired) electrons. The molecule has 0 amide bonds. The molecule has 2 N–H and O–H groups in total. The van der Waals surface area contributed by atoms with Crippen molar-refractivity contribution >= 4 is 11.7 Å². The van der Waals surface area contributed by atoms with Crippen LogP contribution in [0, 0.1) is 0 Å². The summed E-state index contributed by atoms with van der Waals surface area (Å²) in [6.45, 7) is 2.42. The first kappa shape index (κ1) is 15.8. The van der Waals surface area contributed by atoms with Crippen LogP contribution in [-0.4, -0.2) is 62.3 Å². The first-order chi connectivity index (χ1) is 10.1. The van der Waals surface area contributed by atoms with Gasteiger partial charge in [-0.05, 0) is 24.1 Å². The molecular formula is C15H21NO5. The van der Waals surface area contributed by atoms with Crippen LogP contribution in [0.1, 0.15) is 15.9 Å². The summed E-state index contributed by atoms with van der Waals surface area (Å²) < 4.78 is 10.2. The van der Waals surface area contributed by atoms with E-state index in [1.807, 2.05) is 11.0 Å². The number of ether oxygens (including phenoxy) is 2. The fourth-order valence-electron chi connectivity index (χ4n) is 2.44. The number of hydrogen-bond donors (Lipinski definition) is 2. The van der Waals surface area contributed by atoms with E-state index in [4.69, 9.17) is 14.6 Å². The van der Waals surface area contributed by atoms with Gasteiger partial charge in [0.2, 0.25) is 0 Å². The summed E-state index contributed by atoms with van der Waals surface area (Å²) >= 11 is 0. The van der Waals surface area contributed by atoms with Crippen LogP contribution >= 0.6 is 0 Å². The van der Waals surface area contributed by atoms with Crippen molar-refractivity contribution in [2.24, 2.45) is 0 Å². The topological polar surface area (TPSA) is 79.2 Å². The predicted octanol–water partition coefficient (Wildman–Crippen LogP) is 0.771. The first-order valence-corrected chi connectivity index (χ1v) is 6.97. The third-order valence-corrected chi connectivity index (χ3v) is 3.50. The Morgan fingerprint density at radius 1 is 1.43 bits per heavy atom. The van der Waals surface area contributed by atoms with Gasteiger partial charge in [-0.15, -0.1) is 0 Å². The fourth-order valence-corrected chi connectivity index (χ4v) is 2.44. The number of hydrogen-bond acceptors (Lipinski definition) is 5. The average molecular weight is 295 g/mol. The Morgan fingerprint density at radius 3 is 2.95 bits per heavy atom. The molecule has 1 atom stereocenters. The zero-order valence-corrected chi connectivity index (χ0v) is 12.1. The third-order valence-electron chi connectivity index (χ3n) is 3.50. The molecule has 1 aromatic rings. The van der Waals surface area contributed by atoms with E-state index in [9.17, 15) is 9.90 Å². The van der Waals surface area contributed by atoms with Crippen LogP contribution < -0.4 is 4.90 Å². The summed E-state index contributed by atoms with van der Waals surface area (Å²) in [7, 11) is 1.60. The molecular weight excluding hydrogens is 274 g/mol. The highest BCUT2D eigenvalue weighted by Gasteiger charge is 2.22. The first-order valence-electron chi connectivity index (χ1n) is 6.97. The van der Waals surface area contributed by atoms with Crippen molar-refractivity contribution in [3.05, 3.63) is 29.3 Å². The molecule has 6 heteroatoms. The fraction of sp³-hybridized carbons (Fsp3) is 0.533. The van der Waals surface area contributed by atoms with E-state index in [0.717, 1.165) is 24.2 Å². The number of benzene rings is 1.